The Morgan fingerprint density at radius 2 is 2.14 bits per heavy atom. The molecule has 2 amide bonds. The van der Waals surface area contributed by atoms with Gasteiger partial charge in [-0.1, -0.05) is 25.4 Å². The van der Waals surface area contributed by atoms with E-state index in [1.165, 1.54) is 4.80 Å². The van der Waals surface area contributed by atoms with Crippen molar-refractivity contribution in [1.82, 2.24) is 19.9 Å². The van der Waals surface area contributed by atoms with Crippen LogP contribution in [0, 0.1) is 5.92 Å². The van der Waals surface area contributed by atoms with Crippen molar-refractivity contribution in [2.45, 2.75) is 57.2 Å². The zero-order valence-electron chi connectivity index (χ0n) is 16.4. The third kappa shape index (κ3) is 3.06. The maximum atomic E-state index is 13.2. The van der Waals surface area contributed by atoms with Crippen molar-refractivity contribution in [3.05, 3.63) is 35.6 Å². The highest BCUT2D eigenvalue weighted by molar-refractivity contribution is 6.32. The third-order valence-corrected chi connectivity index (χ3v) is 6.44. The first-order valence-corrected chi connectivity index (χ1v) is 10.2. The molecule has 4 rings (SSSR count). The second-order valence-electron chi connectivity index (χ2n) is 7.92. The number of carbonyl (C=O) groups excluding carboxylic acids is 1. The number of hydrogen-bond acceptors (Lipinski definition) is 4. The Balaban J connectivity index is 1.58. The Morgan fingerprint density at radius 3 is 2.82 bits per heavy atom. The van der Waals surface area contributed by atoms with Crippen LogP contribution in [0.1, 0.15) is 39.5 Å². The fourth-order valence-corrected chi connectivity index (χ4v) is 5.38. The van der Waals surface area contributed by atoms with E-state index in [0.29, 0.717) is 22.3 Å². The number of aromatic nitrogens is 3. The molecule has 8 heteroatoms. The Hall–Kier alpha value is -2.12. The van der Waals surface area contributed by atoms with E-state index in [1.54, 1.807) is 37.7 Å². The molecule has 2 bridgehead atoms. The number of hydrogen-bond donors (Lipinski definition) is 1. The van der Waals surface area contributed by atoms with Crippen molar-refractivity contribution in [2.75, 3.05) is 12.4 Å². The number of likely N-dealkylation sites (tertiary alicyclic amines) is 1. The number of rotatable bonds is 5. The molecule has 28 heavy (non-hydrogen) atoms. The predicted octanol–water partition coefficient (Wildman–Crippen LogP) is 4.12. The number of nitrogens with one attached hydrogen (secondary N) is 1. The van der Waals surface area contributed by atoms with Gasteiger partial charge in [0.1, 0.15) is 5.69 Å². The van der Waals surface area contributed by atoms with Crippen LogP contribution >= 0.6 is 11.6 Å². The van der Waals surface area contributed by atoms with E-state index < -0.39 is 0 Å². The molecular weight excluding hydrogens is 378 g/mol. The van der Waals surface area contributed by atoms with Gasteiger partial charge in [0.25, 0.3) is 0 Å². The van der Waals surface area contributed by atoms with Crippen molar-refractivity contribution in [3.63, 3.8) is 0 Å². The predicted molar refractivity (Wildman–Crippen MR) is 108 cm³/mol. The van der Waals surface area contributed by atoms with Crippen molar-refractivity contribution in [3.8, 4) is 5.69 Å². The summed E-state index contributed by atoms with van der Waals surface area (Å²) < 4.78 is 5.78. The summed E-state index contributed by atoms with van der Waals surface area (Å²) in [6.07, 6.45) is 7.14. The van der Waals surface area contributed by atoms with E-state index in [2.05, 4.69) is 29.4 Å². The first-order chi connectivity index (χ1) is 13.5. The molecule has 2 heterocycles. The van der Waals surface area contributed by atoms with Crippen LogP contribution in [-0.4, -0.2) is 50.7 Å². The number of anilines is 1. The smallest absolute Gasteiger partial charge is 0.322 e. The van der Waals surface area contributed by atoms with Gasteiger partial charge in [0.2, 0.25) is 0 Å². The van der Waals surface area contributed by atoms with E-state index in [0.717, 1.165) is 25.7 Å². The van der Waals surface area contributed by atoms with Crippen molar-refractivity contribution in [2.24, 2.45) is 5.92 Å². The van der Waals surface area contributed by atoms with Crippen LogP contribution in [0.2, 0.25) is 5.02 Å². The molecule has 0 spiro atoms. The van der Waals surface area contributed by atoms with Gasteiger partial charge in [-0.05, 0) is 49.8 Å². The first kappa shape index (κ1) is 19.2. The van der Waals surface area contributed by atoms with Gasteiger partial charge in [-0.3, -0.25) is 0 Å². The average Bonchev–Trinajstić information content (AvgIpc) is 3.18. The van der Waals surface area contributed by atoms with E-state index in [9.17, 15) is 4.79 Å². The maximum absolute atomic E-state index is 13.2. The molecule has 2 aromatic rings. The lowest BCUT2D eigenvalue weighted by Gasteiger charge is -2.65. The highest BCUT2D eigenvalue weighted by Crippen LogP contribution is 2.53. The molecule has 1 aromatic carbocycles. The van der Waals surface area contributed by atoms with Gasteiger partial charge in [0, 0.05) is 18.8 Å². The lowest BCUT2D eigenvalue weighted by molar-refractivity contribution is -0.162. The number of amides is 2. The summed E-state index contributed by atoms with van der Waals surface area (Å²) in [5, 5.41) is 11.8. The van der Waals surface area contributed by atoms with E-state index in [-0.39, 0.29) is 23.7 Å². The van der Waals surface area contributed by atoms with Crippen molar-refractivity contribution in [1.29, 1.82) is 0 Å². The van der Waals surface area contributed by atoms with Gasteiger partial charge in [-0.2, -0.15) is 15.0 Å². The van der Waals surface area contributed by atoms with Crippen LogP contribution in [0.4, 0.5) is 10.5 Å². The molecule has 7 nitrogen and oxygen atoms in total. The lowest BCUT2D eigenvalue weighted by Crippen LogP contribution is -2.76. The minimum absolute atomic E-state index is 0.0475. The van der Waals surface area contributed by atoms with E-state index >= 15 is 0 Å². The zero-order chi connectivity index (χ0) is 19.9. The standard InChI is InChI=1S/C20H26ClN5O2/c1-4-18(28-3)20-11-13(2)9-15(12-20)25(20)19(27)24-14-5-6-16(21)17(10-14)26-22-7-8-23-26/h5-8,10,13,15,18H,4,9,11-12H2,1-3H3,(H,24,27)/t13-,15?,18?,20?/m0/s1. The fourth-order valence-electron chi connectivity index (χ4n) is 5.19. The molecular formula is C20H26ClN5O2. The molecule has 1 saturated carbocycles. The number of carbonyl (C=O) groups is 1. The SMILES string of the molecule is CCC(OC)C12CC(C[C@H](C)C1)N2C(=O)Nc1ccc(Cl)c(-n2nccn2)c1. The summed E-state index contributed by atoms with van der Waals surface area (Å²) in [5.74, 6) is 0.597. The number of benzene rings is 1. The fraction of sp³-hybridized carbons (Fsp3) is 0.550. The third-order valence-electron chi connectivity index (χ3n) is 6.12. The number of ether oxygens (including phenoxy) is 1. The number of methoxy groups -OCH3 is 1. The normalized spacial score (nSPS) is 27.2. The molecule has 1 aliphatic carbocycles. The highest BCUT2D eigenvalue weighted by atomic mass is 35.5. The highest BCUT2D eigenvalue weighted by Gasteiger charge is 2.61. The summed E-state index contributed by atoms with van der Waals surface area (Å²) >= 11 is 6.28. The average molecular weight is 404 g/mol. The van der Waals surface area contributed by atoms with Gasteiger partial charge in [-0.25, -0.2) is 4.79 Å². The second kappa shape index (κ2) is 7.37. The number of urea groups is 1. The monoisotopic (exact) mass is 403 g/mol. The summed E-state index contributed by atoms with van der Waals surface area (Å²) in [5.41, 5.74) is 1.08. The number of piperidine rings is 1. The Labute approximate surface area is 170 Å². The van der Waals surface area contributed by atoms with Gasteiger partial charge in [0.05, 0.1) is 29.1 Å². The van der Waals surface area contributed by atoms with Crippen LogP contribution in [-0.2, 0) is 4.74 Å². The molecule has 2 fully saturated rings. The molecule has 3 unspecified atom stereocenters. The van der Waals surface area contributed by atoms with Gasteiger partial charge >= 0.3 is 6.03 Å². The molecule has 0 radical (unpaired) electrons. The van der Waals surface area contributed by atoms with Gasteiger partial charge < -0.3 is 15.0 Å². The van der Waals surface area contributed by atoms with Gasteiger partial charge in [-0.15, -0.1) is 0 Å². The van der Waals surface area contributed by atoms with Crippen LogP contribution in [0.15, 0.2) is 30.6 Å². The van der Waals surface area contributed by atoms with E-state index in [4.69, 9.17) is 16.3 Å². The Kier molecular flexibility index (Phi) is 5.05. The summed E-state index contributed by atoms with van der Waals surface area (Å²) in [4.78, 5) is 16.7. The molecule has 1 saturated heterocycles. The van der Waals surface area contributed by atoms with Crippen LogP contribution in [0.3, 0.4) is 0 Å². The molecule has 1 aliphatic heterocycles. The molecule has 1 aromatic heterocycles. The minimum atomic E-state index is -0.214. The Morgan fingerprint density at radius 1 is 1.39 bits per heavy atom. The van der Waals surface area contributed by atoms with Gasteiger partial charge in [0.15, 0.2) is 0 Å². The summed E-state index contributed by atoms with van der Waals surface area (Å²) in [6.45, 7) is 4.38. The number of fused-ring (bicyclic) bond motifs is 2. The maximum Gasteiger partial charge on any atom is 0.322 e. The summed E-state index contributed by atoms with van der Waals surface area (Å²) in [7, 11) is 1.74. The quantitative estimate of drug-likeness (QED) is 0.814. The molecule has 4 atom stereocenters. The zero-order valence-corrected chi connectivity index (χ0v) is 17.2. The van der Waals surface area contributed by atoms with Crippen LogP contribution < -0.4 is 5.32 Å². The van der Waals surface area contributed by atoms with Crippen molar-refractivity contribution < 1.29 is 9.53 Å². The summed E-state index contributed by atoms with van der Waals surface area (Å²) in [6, 6.07) is 5.52. The van der Waals surface area contributed by atoms with E-state index in [1.807, 2.05) is 4.90 Å². The largest absolute Gasteiger partial charge is 0.379 e. The van der Waals surface area contributed by atoms with Crippen LogP contribution in [0.5, 0.6) is 0 Å². The Bertz CT molecular complexity index is 854. The van der Waals surface area contributed by atoms with Crippen molar-refractivity contribution >= 4 is 23.3 Å². The molecule has 2 aliphatic rings. The second-order valence-corrected chi connectivity index (χ2v) is 8.33. The minimum Gasteiger partial charge on any atom is -0.379 e. The van der Waals surface area contributed by atoms with Crippen LogP contribution in [0.25, 0.3) is 5.69 Å². The topological polar surface area (TPSA) is 72.3 Å². The number of halogens is 1. The lowest BCUT2D eigenvalue weighted by atomic mass is 9.61. The first-order valence-electron chi connectivity index (χ1n) is 9.78. The number of nitrogens with zero attached hydrogens (tertiary/aromatic N) is 4. The molecule has 1 N–H and O–H groups in total. The molecule has 150 valence electrons.